The summed E-state index contributed by atoms with van der Waals surface area (Å²) in [6, 6.07) is 63.9. The summed E-state index contributed by atoms with van der Waals surface area (Å²) in [6.45, 7) is 0. The van der Waals surface area contributed by atoms with E-state index in [0.29, 0.717) is 5.56 Å². The minimum atomic E-state index is 0.614. The van der Waals surface area contributed by atoms with E-state index in [9.17, 15) is 5.26 Å². The van der Waals surface area contributed by atoms with Crippen LogP contribution in [0.25, 0.3) is 88.5 Å². The number of rotatable bonds is 5. The Morgan fingerprint density at radius 2 is 0.904 bits per heavy atom. The molecule has 0 atom stereocenters. The highest BCUT2D eigenvalue weighted by Gasteiger charge is 2.21. The van der Waals surface area contributed by atoms with Gasteiger partial charge in [-0.05, 0) is 70.8 Å². The summed E-state index contributed by atoms with van der Waals surface area (Å²) in [5.74, 6) is 0.789. The van der Waals surface area contributed by atoms with E-state index < -0.39 is 0 Å². The zero-order valence-electron chi connectivity index (χ0n) is 28.1. The van der Waals surface area contributed by atoms with E-state index in [4.69, 9.17) is 4.98 Å². The first kappa shape index (κ1) is 29.7. The predicted octanol–water partition coefficient (Wildman–Crippen LogP) is 12.1. The lowest BCUT2D eigenvalue weighted by molar-refractivity contribution is 1.06. The monoisotopic (exact) mass is 662 g/mol. The molecule has 4 nitrogen and oxygen atoms in total. The summed E-state index contributed by atoms with van der Waals surface area (Å²) in [5, 5.41) is 15.0. The maximum absolute atomic E-state index is 10.4. The predicted molar refractivity (Wildman–Crippen MR) is 214 cm³/mol. The molecule has 0 unspecified atom stereocenters. The van der Waals surface area contributed by atoms with E-state index >= 15 is 0 Å². The minimum Gasteiger partial charge on any atom is -0.307 e. The second-order valence-electron chi connectivity index (χ2n) is 13.1. The van der Waals surface area contributed by atoms with E-state index in [1.54, 1.807) is 0 Å². The van der Waals surface area contributed by atoms with Gasteiger partial charge in [0.1, 0.15) is 5.82 Å². The molecule has 0 saturated carbocycles. The molecule has 0 spiro atoms. The molecule has 4 heteroatoms. The van der Waals surface area contributed by atoms with Crippen molar-refractivity contribution in [1.82, 2.24) is 14.1 Å². The Hall–Kier alpha value is -7.22. The van der Waals surface area contributed by atoms with Crippen LogP contribution >= 0.6 is 0 Å². The van der Waals surface area contributed by atoms with Crippen LogP contribution in [0.1, 0.15) is 5.56 Å². The van der Waals surface area contributed by atoms with Gasteiger partial charge in [-0.3, -0.25) is 4.57 Å². The van der Waals surface area contributed by atoms with E-state index in [-0.39, 0.29) is 0 Å². The van der Waals surface area contributed by atoms with Crippen molar-refractivity contribution in [3.8, 4) is 51.0 Å². The first-order chi connectivity index (χ1) is 25.8. The van der Waals surface area contributed by atoms with Gasteiger partial charge >= 0.3 is 0 Å². The second-order valence-corrected chi connectivity index (χ2v) is 13.1. The molecule has 10 aromatic rings. The van der Waals surface area contributed by atoms with Crippen LogP contribution in [-0.2, 0) is 0 Å². The largest absolute Gasteiger partial charge is 0.307 e. The smallest absolute Gasteiger partial charge is 0.138 e. The van der Waals surface area contributed by atoms with Crippen LogP contribution in [0.15, 0.2) is 182 Å². The quantitative estimate of drug-likeness (QED) is 0.184. The van der Waals surface area contributed by atoms with Crippen molar-refractivity contribution in [2.45, 2.75) is 0 Å². The van der Waals surface area contributed by atoms with Crippen molar-refractivity contribution < 1.29 is 0 Å². The van der Waals surface area contributed by atoms with Gasteiger partial charge in [0.05, 0.1) is 45.6 Å². The Bertz CT molecular complexity index is 3020. The molecule has 7 aromatic carbocycles. The fraction of sp³-hybridized carbons (Fsp3) is 0. The van der Waals surface area contributed by atoms with Crippen molar-refractivity contribution in [2.24, 2.45) is 0 Å². The molecule has 0 aliphatic rings. The molecule has 0 radical (unpaired) electrons. The Morgan fingerprint density at radius 3 is 1.52 bits per heavy atom. The van der Waals surface area contributed by atoms with Gasteiger partial charge in [-0.1, -0.05) is 127 Å². The summed E-state index contributed by atoms with van der Waals surface area (Å²) in [5.41, 5.74) is 12.3. The SMILES string of the molecule is N#Cc1ccccc1-c1cc(-n2c3ccccc3c3cc(-c4ccccc4)ccc32)ncc1-n1c2ccccc2c2cc(-c3ccccc3)ccc21. The van der Waals surface area contributed by atoms with Gasteiger partial charge in [-0.25, -0.2) is 4.98 Å². The lowest BCUT2D eigenvalue weighted by Crippen LogP contribution is -2.04. The van der Waals surface area contributed by atoms with E-state index in [0.717, 1.165) is 60.9 Å². The molecule has 3 aromatic heterocycles. The van der Waals surface area contributed by atoms with Crippen molar-refractivity contribution in [2.75, 3.05) is 0 Å². The molecule has 0 saturated heterocycles. The van der Waals surface area contributed by atoms with Crippen LogP contribution in [0.3, 0.4) is 0 Å². The topological polar surface area (TPSA) is 46.5 Å². The second kappa shape index (κ2) is 12.0. The van der Waals surface area contributed by atoms with Gasteiger partial charge in [0.25, 0.3) is 0 Å². The Balaban J connectivity index is 1.25. The third-order valence-corrected chi connectivity index (χ3v) is 10.2. The van der Waals surface area contributed by atoms with Crippen LogP contribution in [0.2, 0.25) is 0 Å². The number of hydrogen-bond donors (Lipinski definition) is 0. The molecule has 52 heavy (non-hydrogen) atoms. The number of nitriles is 1. The lowest BCUT2D eigenvalue weighted by atomic mass is 9.99. The van der Waals surface area contributed by atoms with Gasteiger partial charge in [0, 0.05) is 32.7 Å². The molecule has 3 heterocycles. The highest BCUT2D eigenvalue weighted by molar-refractivity contribution is 6.12. The van der Waals surface area contributed by atoms with E-state index in [1.165, 1.54) is 27.6 Å². The standard InChI is InChI=1S/C48H30N4/c49-30-36-17-7-8-18-37(36)42-29-48(52-44-22-12-10-20-39(44)41-28-35(24-26-46(41)52)33-15-5-2-6-16-33)50-31-47(42)51-43-21-11-9-19-38(43)40-27-34(23-25-45(40)51)32-13-3-1-4-14-32/h1-29,31H. The first-order valence-corrected chi connectivity index (χ1v) is 17.4. The highest BCUT2D eigenvalue weighted by atomic mass is 15.1. The van der Waals surface area contributed by atoms with E-state index in [1.807, 2.05) is 42.6 Å². The molecular formula is C48H30N4. The average molecular weight is 663 g/mol. The maximum Gasteiger partial charge on any atom is 0.138 e. The third kappa shape index (κ3) is 4.65. The Morgan fingerprint density at radius 1 is 0.404 bits per heavy atom. The summed E-state index contributed by atoms with van der Waals surface area (Å²) in [6.07, 6.45) is 1.98. The number of benzene rings is 7. The van der Waals surface area contributed by atoms with Gasteiger partial charge in [0.15, 0.2) is 0 Å². The summed E-state index contributed by atoms with van der Waals surface area (Å²) in [7, 11) is 0. The number of fused-ring (bicyclic) bond motifs is 6. The lowest BCUT2D eigenvalue weighted by Gasteiger charge is -2.17. The van der Waals surface area contributed by atoms with Crippen molar-refractivity contribution in [3.05, 3.63) is 188 Å². The van der Waals surface area contributed by atoms with Crippen LogP contribution in [0.4, 0.5) is 0 Å². The highest BCUT2D eigenvalue weighted by Crippen LogP contribution is 2.40. The molecule has 0 aliphatic carbocycles. The first-order valence-electron chi connectivity index (χ1n) is 17.4. The molecule has 0 amide bonds. The van der Waals surface area contributed by atoms with Gasteiger partial charge in [-0.15, -0.1) is 0 Å². The molecule has 0 aliphatic heterocycles. The number of pyridine rings is 1. The zero-order chi connectivity index (χ0) is 34.6. The minimum absolute atomic E-state index is 0.614. The summed E-state index contributed by atoms with van der Waals surface area (Å²) >= 11 is 0. The maximum atomic E-state index is 10.4. The molecule has 0 fully saturated rings. The fourth-order valence-corrected chi connectivity index (χ4v) is 7.84. The molecule has 0 N–H and O–H groups in total. The normalized spacial score (nSPS) is 11.4. The van der Waals surface area contributed by atoms with Crippen LogP contribution in [0, 0.1) is 11.3 Å². The number of hydrogen-bond acceptors (Lipinski definition) is 2. The number of para-hydroxylation sites is 2. The molecular weight excluding hydrogens is 633 g/mol. The third-order valence-electron chi connectivity index (χ3n) is 10.2. The van der Waals surface area contributed by atoms with Crippen LogP contribution in [0.5, 0.6) is 0 Å². The Labute approximate surface area is 300 Å². The van der Waals surface area contributed by atoms with Crippen molar-refractivity contribution in [3.63, 3.8) is 0 Å². The van der Waals surface area contributed by atoms with E-state index in [2.05, 4.69) is 155 Å². The number of nitrogens with zero attached hydrogens (tertiary/aromatic N) is 4. The van der Waals surface area contributed by atoms with Crippen LogP contribution in [-0.4, -0.2) is 14.1 Å². The average Bonchev–Trinajstić information content (AvgIpc) is 3.73. The summed E-state index contributed by atoms with van der Waals surface area (Å²) < 4.78 is 4.55. The van der Waals surface area contributed by atoms with Crippen molar-refractivity contribution in [1.29, 1.82) is 5.26 Å². The molecule has 10 rings (SSSR count). The number of aromatic nitrogens is 3. The van der Waals surface area contributed by atoms with Crippen molar-refractivity contribution >= 4 is 43.6 Å². The van der Waals surface area contributed by atoms with Gasteiger partial charge in [-0.2, -0.15) is 5.26 Å². The van der Waals surface area contributed by atoms with Crippen LogP contribution < -0.4 is 0 Å². The molecule has 0 bridgehead atoms. The fourth-order valence-electron chi connectivity index (χ4n) is 7.84. The zero-order valence-corrected chi connectivity index (χ0v) is 28.1. The molecule has 242 valence electrons. The Kier molecular flexibility index (Phi) is 6.84. The summed E-state index contributed by atoms with van der Waals surface area (Å²) in [4.78, 5) is 5.24. The van der Waals surface area contributed by atoms with Gasteiger partial charge < -0.3 is 4.57 Å². The van der Waals surface area contributed by atoms with Gasteiger partial charge in [0.2, 0.25) is 0 Å².